The summed E-state index contributed by atoms with van der Waals surface area (Å²) < 4.78 is 24.7. The zero-order chi connectivity index (χ0) is 15.6. The van der Waals surface area contributed by atoms with Gasteiger partial charge in [0.2, 0.25) is 0 Å². The number of hydrogen-bond acceptors (Lipinski definition) is 4. The summed E-state index contributed by atoms with van der Waals surface area (Å²) in [5.74, 6) is -1.16. The number of aliphatic carboxylic acids is 1. The number of carboxylic acid groups (broad SMARTS) is 1. The number of carboxylic acids is 1. The fraction of sp³-hybridized carbons (Fsp3) is 0.533. The lowest BCUT2D eigenvalue weighted by Gasteiger charge is -2.21. The van der Waals surface area contributed by atoms with Crippen molar-refractivity contribution >= 4 is 21.5 Å². The molecule has 0 aliphatic carbocycles. The second-order valence-electron chi connectivity index (χ2n) is 5.61. The molecule has 0 spiro atoms. The lowest BCUT2D eigenvalue weighted by molar-refractivity contribution is -0.142. The van der Waals surface area contributed by atoms with E-state index in [2.05, 4.69) is 0 Å². The van der Waals surface area contributed by atoms with E-state index in [0.717, 1.165) is 0 Å². The van der Waals surface area contributed by atoms with Crippen LogP contribution in [0.2, 0.25) is 0 Å². The van der Waals surface area contributed by atoms with Gasteiger partial charge in [0, 0.05) is 13.1 Å². The maximum atomic E-state index is 12.4. The molecule has 0 bridgehead atoms. The van der Waals surface area contributed by atoms with E-state index in [0.29, 0.717) is 30.1 Å². The molecular weight excluding hydrogens is 290 g/mol. The first-order valence-electron chi connectivity index (χ1n) is 7.16. The van der Waals surface area contributed by atoms with Crippen LogP contribution in [0.4, 0.5) is 5.69 Å². The Labute approximate surface area is 125 Å². The van der Waals surface area contributed by atoms with E-state index in [9.17, 15) is 18.3 Å². The summed E-state index contributed by atoms with van der Waals surface area (Å²) >= 11 is 0. The molecule has 0 saturated carbocycles. The Morgan fingerprint density at radius 1 is 1.33 bits per heavy atom. The van der Waals surface area contributed by atoms with E-state index < -0.39 is 21.7 Å². The van der Waals surface area contributed by atoms with Crippen molar-refractivity contribution in [3.05, 3.63) is 24.3 Å². The third kappa shape index (κ3) is 3.20. The summed E-state index contributed by atoms with van der Waals surface area (Å²) in [6, 6.07) is 6.87. The molecule has 116 valence electrons. The number of benzene rings is 1. The minimum atomic E-state index is -3.32. The highest BCUT2D eigenvalue weighted by atomic mass is 32.2. The molecule has 1 aliphatic rings. The van der Waals surface area contributed by atoms with Crippen LogP contribution < -0.4 is 4.90 Å². The number of para-hydroxylation sites is 1. The quantitative estimate of drug-likeness (QED) is 0.900. The lowest BCUT2D eigenvalue weighted by atomic mass is 9.99. The first-order valence-corrected chi connectivity index (χ1v) is 8.81. The van der Waals surface area contributed by atoms with Gasteiger partial charge in [0.15, 0.2) is 9.84 Å². The second-order valence-corrected chi connectivity index (χ2v) is 7.69. The van der Waals surface area contributed by atoms with Gasteiger partial charge in [-0.2, -0.15) is 0 Å². The highest BCUT2D eigenvalue weighted by Crippen LogP contribution is 2.33. The van der Waals surface area contributed by atoms with E-state index in [1.54, 1.807) is 24.3 Å². The fourth-order valence-corrected chi connectivity index (χ4v) is 4.40. The zero-order valence-corrected chi connectivity index (χ0v) is 13.1. The zero-order valence-electron chi connectivity index (χ0n) is 12.3. The number of sulfone groups is 1. The molecule has 1 aromatic rings. The molecule has 1 aliphatic heterocycles. The predicted octanol–water partition coefficient (Wildman–Crippen LogP) is 2.03. The van der Waals surface area contributed by atoms with Crippen molar-refractivity contribution in [3.8, 4) is 0 Å². The van der Waals surface area contributed by atoms with Crippen LogP contribution >= 0.6 is 0 Å². The molecule has 21 heavy (non-hydrogen) atoms. The number of hydrogen-bond donors (Lipinski definition) is 1. The molecule has 2 unspecified atom stereocenters. The number of carbonyl (C=O) groups is 1. The Bertz CT molecular complexity index is 626. The molecule has 1 saturated heterocycles. The van der Waals surface area contributed by atoms with Gasteiger partial charge < -0.3 is 10.0 Å². The summed E-state index contributed by atoms with van der Waals surface area (Å²) in [5.41, 5.74) is 0.626. The molecule has 2 atom stereocenters. The molecular formula is C15H21NO4S. The summed E-state index contributed by atoms with van der Waals surface area (Å²) in [6.45, 7) is 4.64. The molecule has 0 amide bonds. The van der Waals surface area contributed by atoms with Crippen molar-refractivity contribution in [2.24, 2.45) is 11.8 Å². The minimum Gasteiger partial charge on any atom is -0.481 e. The second kappa shape index (κ2) is 6.05. The van der Waals surface area contributed by atoms with Gasteiger partial charge in [-0.05, 0) is 24.5 Å². The topological polar surface area (TPSA) is 74.7 Å². The van der Waals surface area contributed by atoms with E-state index >= 15 is 0 Å². The highest BCUT2D eigenvalue weighted by Gasteiger charge is 2.36. The van der Waals surface area contributed by atoms with Crippen molar-refractivity contribution in [1.82, 2.24) is 0 Å². The molecule has 5 nitrogen and oxygen atoms in total. The first kappa shape index (κ1) is 15.8. The van der Waals surface area contributed by atoms with Crippen molar-refractivity contribution in [1.29, 1.82) is 0 Å². The monoisotopic (exact) mass is 311 g/mol. The summed E-state index contributed by atoms with van der Waals surface area (Å²) in [7, 11) is -3.32. The average Bonchev–Trinajstić information content (AvgIpc) is 2.81. The minimum absolute atomic E-state index is 0.00411. The molecule has 1 aromatic carbocycles. The van der Waals surface area contributed by atoms with E-state index in [1.165, 1.54) is 0 Å². The maximum absolute atomic E-state index is 12.4. The van der Waals surface area contributed by atoms with Gasteiger partial charge in [-0.3, -0.25) is 4.79 Å². The fourth-order valence-electron chi connectivity index (χ4n) is 2.85. The summed E-state index contributed by atoms with van der Waals surface area (Å²) in [5, 5.41) is 9.22. The molecule has 1 fully saturated rings. The Kier molecular flexibility index (Phi) is 4.56. The van der Waals surface area contributed by atoms with Crippen LogP contribution in [0, 0.1) is 11.8 Å². The predicted molar refractivity (Wildman–Crippen MR) is 81.3 cm³/mol. The molecule has 2 rings (SSSR count). The molecule has 1 heterocycles. The summed E-state index contributed by atoms with van der Waals surface area (Å²) in [4.78, 5) is 13.4. The number of nitrogens with zero attached hydrogens (tertiary/aromatic N) is 1. The van der Waals surface area contributed by atoms with Crippen LogP contribution in [0.1, 0.15) is 20.3 Å². The van der Waals surface area contributed by atoms with E-state index in [-0.39, 0.29) is 11.7 Å². The van der Waals surface area contributed by atoms with Crippen LogP contribution in [0.3, 0.4) is 0 Å². The molecule has 1 N–H and O–H groups in total. The van der Waals surface area contributed by atoms with Crippen molar-refractivity contribution < 1.29 is 18.3 Å². The third-order valence-corrected chi connectivity index (χ3v) is 5.90. The van der Waals surface area contributed by atoms with Gasteiger partial charge in [-0.25, -0.2) is 8.42 Å². The van der Waals surface area contributed by atoms with Crippen LogP contribution in [0.25, 0.3) is 0 Å². The van der Waals surface area contributed by atoms with Gasteiger partial charge >= 0.3 is 5.97 Å². The van der Waals surface area contributed by atoms with Crippen molar-refractivity contribution in [3.63, 3.8) is 0 Å². The van der Waals surface area contributed by atoms with Crippen LogP contribution in [-0.2, 0) is 14.6 Å². The van der Waals surface area contributed by atoms with Gasteiger partial charge in [-0.15, -0.1) is 0 Å². The lowest BCUT2D eigenvalue weighted by Crippen LogP contribution is -2.24. The SMILES string of the molecule is CCCS(=O)(=O)c1ccccc1N1CC(C)C(C(=O)O)C1. The molecule has 0 radical (unpaired) electrons. The molecule has 6 heteroatoms. The molecule has 0 aromatic heterocycles. The Hall–Kier alpha value is -1.56. The van der Waals surface area contributed by atoms with Crippen molar-refractivity contribution in [2.45, 2.75) is 25.2 Å². The standard InChI is InChI=1S/C15H21NO4S/c1-3-8-21(19,20)14-7-5-4-6-13(14)16-9-11(2)12(10-16)15(17)18/h4-7,11-12H,3,8-10H2,1-2H3,(H,17,18). The number of rotatable bonds is 5. The smallest absolute Gasteiger partial charge is 0.308 e. The Balaban J connectivity index is 2.36. The van der Waals surface area contributed by atoms with Gasteiger partial charge in [0.05, 0.1) is 22.3 Å². The number of anilines is 1. The Morgan fingerprint density at radius 3 is 2.57 bits per heavy atom. The average molecular weight is 311 g/mol. The third-order valence-electron chi connectivity index (χ3n) is 3.94. The van der Waals surface area contributed by atoms with Gasteiger partial charge in [0.1, 0.15) is 0 Å². The first-order chi connectivity index (χ1) is 9.86. The Morgan fingerprint density at radius 2 is 2.00 bits per heavy atom. The van der Waals surface area contributed by atoms with E-state index in [1.807, 2.05) is 18.7 Å². The maximum Gasteiger partial charge on any atom is 0.308 e. The van der Waals surface area contributed by atoms with Gasteiger partial charge in [0.25, 0.3) is 0 Å². The largest absolute Gasteiger partial charge is 0.481 e. The highest BCUT2D eigenvalue weighted by molar-refractivity contribution is 7.91. The van der Waals surface area contributed by atoms with Crippen LogP contribution in [0.5, 0.6) is 0 Å². The summed E-state index contributed by atoms with van der Waals surface area (Å²) in [6.07, 6.45) is 0.560. The van der Waals surface area contributed by atoms with Crippen LogP contribution in [0.15, 0.2) is 29.2 Å². The van der Waals surface area contributed by atoms with E-state index in [4.69, 9.17) is 0 Å². The normalized spacial score (nSPS) is 22.5. The van der Waals surface area contributed by atoms with Crippen molar-refractivity contribution in [2.75, 3.05) is 23.7 Å². The van der Waals surface area contributed by atoms with Crippen LogP contribution in [-0.4, -0.2) is 38.3 Å². The van der Waals surface area contributed by atoms with Gasteiger partial charge in [-0.1, -0.05) is 26.0 Å².